The van der Waals surface area contributed by atoms with E-state index < -0.39 is 0 Å². The third-order valence-electron chi connectivity index (χ3n) is 4.66. The number of hydrogen-bond donors (Lipinski definition) is 2. The number of nitrogens with one attached hydrogen (secondary N) is 1. The van der Waals surface area contributed by atoms with E-state index in [0.717, 1.165) is 19.4 Å². The molecule has 0 saturated carbocycles. The summed E-state index contributed by atoms with van der Waals surface area (Å²) >= 11 is 2.05. The van der Waals surface area contributed by atoms with Gasteiger partial charge in [-0.2, -0.15) is 11.8 Å². The van der Waals surface area contributed by atoms with Crippen LogP contribution in [0.1, 0.15) is 39.0 Å². The second-order valence-corrected chi connectivity index (χ2v) is 7.26. The van der Waals surface area contributed by atoms with Gasteiger partial charge in [-0.15, -0.1) is 0 Å². The highest BCUT2D eigenvalue weighted by atomic mass is 32.2. The molecule has 2 unspecified atom stereocenters. The van der Waals surface area contributed by atoms with Gasteiger partial charge in [0.1, 0.15) is 0 Å². The highest BCUT2D eigenvalue weighted by Crippen LogP contribution is 2.39. The zero-order valence-corrected chi connectivity index (χ0v) is 13.0. The monoisotopic (exact) mass is 285 g/mol. The van der Waals surface area contributed by atoms with Crippen LogP contribution < -0.4 is 5.73 Å². The van der Waals surface area contributed by atoms with Gasteiger partial charge in [0.2, 0.25) is 0 Å². The molecular weight excluding hydrogens is 258 g/mol. The topological polar surface area (TPSA) is 62.3 Å². The van der Waals surface area contributed by atoms with Crippen LogP contribution >= 0.6 is 11.8 Å². The SMILES string of the molecule is CC(CC(=N)N)N(C)C1CCOC2(CCSCC2)C1. The van der Waals surface area contributed by atoms with Gasteiger partial charge in [-0.25, -0.2) is 0 Å². The van der Waals surface area contributed by atoms with Crippen molar-refractivity contribution in [3.05, 3.63) is 0 Å². The van der Waals surface area contributed by atoms with Crippen molar-refractivity contribution in [2.24, 2.45) is 5.73 Å². The molecule has 0 aromatic heterocycles. The first-order valence-electron chi connectivity index (χ1n) is 7.29. The van der Waals surface area contributed by atoms with Crippen molar-refractivity contribution in [3.63, 3.8) is 0 Å². The van der Waals surface area contributed by atoms with E-state index >= 15 is 0 Å². The highest BCUT2D eigenvalue weighted by Gasteiger charge is 2.40. The lowest BCUT2D eigenvalue weighted by Crippen LogP contribution is -2.51. The number of rotatable bonds is 4. The van der Waals surface area contributed by atoms with Gasteiger partial charge in [0.05, 0.1) is 11.4 Å². The van der Waals surface area contributed by atoms with E-state index in [0.29, 0.717) is 18.5 Å². The van der Waals surface area contributed by atoms with Crippen LogP contribution in [0.4, 0.5) is 0 Å². The van der Waals surface area contributed by atoms with E-state index in [1.807, 2.05) is 11.8 Å². The Labute approximate surface area is 120 Å². The van der Waals surface area contributed by atoms with Gasteiger partial charge in [0.15, 0.2) is 0 Å². The van der Waals surface area contributed by atoms with E-state index in [1.165, 1.54) is 24.3 Å². The molecule has 19 heavy (non-hydrogen) atoms. The summed E-state index contributed by atoms with van der Waals surface area (Å²) in [5, 5.41) is 7.44. The Kier molecular flexibility index (Phi) is 5.15. The molecule has 0 aromatic carbocycles. The third-order valence-corrected chi connectivity index (χ3v) is 5.64. The van der Waals surface area contributed by atoms with Crippen LogP contribution in [0, 0.1) is 5.41 Å². The molecule has 4 nitrogen and oxygen atoms in total. The van der Waals surface area contributed by atoms with Crippen LogP contribution in [-0.4, -0.2) is 53.6 Å². The van der Waals surface area contributed by atoms with Crippen molar-refractivity contribution in [1.29, 1.82) is 5.41 Å². The summed E-state index contributed by atoms with van der Waals surface area (Å²) in [7, 11) is 2.18. The summed E-state index contributed by atoms with van der Waals surface area (Å²) in [6.07, 6.45) is 5.31. The lowest BCUT2D eigenvalue weighted by Gasteiger charge is -2.46. The van der Waals surface area contributed by atoms with Crippen LogP contribution in [-0.2, 0) is 4.74 Å². The molecule has 2 heterocycles. The second-order valence-electron chi connectivity index (χ2n) is 6.03. The van der Waals surface area contributed by atoms with Gasteiger partial charge >= 0.3 is 0 Å². The second kappa shape index (κ2) is 6.46. The molecule has 1 spiro atoms. The van der Waals surface area contributed by atoms with Crippen LogP contribution in [0.25, 0.3) is 0 Å². The van der Waals surface area contributed by atoms with Crippen molar-refractivity contribution in [2.45, 2.75) is 56.7 Å². The minimum Gasteiger partial charge on any atom is -0.388 e. The van der Waals surface area contributed by atoms with E-state index in [4.69, 9.17) is 15.9 Å². The summed E-state index contributed by atoms with van der Waals surface area (Å²) in [5.74, 6) is 2.76. The van der Waals surface area contributed by atoms with Crippen LogP contribution in [0.2, 0.25) is 0 Å². The Balaban J connectivity index is 1.94. The number of amidine groups is 1. The smallest absolute Gasteiger partial charge is 0.0920 e. The Bertz CT molecular complexity index is 312. The fourth-order valence-electron chi connectivity index (χ4n) is 3.26. The lowest BCUT2D eigenvalue weighted by atomic mass is 9.84. The first-order chi connectivity index (χ1) is 9.02. The summed E-state index contributed by atoms with van der Waals surface area (Å²) in [6.45, 7) is 3.05. The summed E-state index contributed by atoms with van der Waals surface area (Å²) < 4.78 is 6.14. The van der Waals surface area contributed by atoms with E-state index in [-0.39, 0.29) is 11.4 Å². The number of thioether (sulfide) groups is 1. The molecule has 5 heteroatoms. The first-order valence-corrected chi connectivity index (χ1v) is 8.44. The Hall–Kier alpha value is -0.260. The van der Waals surface area contributed by atoms with Gasteiger partial charge in [-0.1, -0.05) is 0 Å². The standard InChI is InChI=1S/C14H27N3OS/c1-11(9-13(15)16)17(2)12-3-6-18-14(10-12)4-7-19-8-5-14/h11-12H,3-10H2,1-2H3,(H3,15,16). The minimum atomic E-state index is 0.137. The lowest BCUT2D eigenvalue weighted by molar-refractivity contribution is -0.111. The normalized spacial score (nSPS) is 28.5. The summed E-state index contributed by atoms with van der Waals surface area (Å²) in [5.41, 5.74) is 5.66. The van der Waals surface area contributed by atoms with Gasteiger partial charge in [0.25, 0.3) is 0 Å². The molecule has 2 fully saturated rings. The number of ether oxygens (including phenoxy) is 1. The molecule has 2 aliphatic rings. The molecule has 0 aromatic rings. The first kappa shape index (κ1) is 15.1. The quantitative estimate of drug-likeness (QED) is 0.613. The fourth-order valence-corrected chi connectivity index (χ4v) is 4.50. The molecule has 0 radical (unpaired) electrons. The van der Waals surface area contributed by atoms with Gasteiger partial charge in [0, 0.05) is 25.1 Å². The number of hydrogen-bond acceptors (Lipinski definition) is 4. The Morgan fingerprint density at radius 1 is 1.53 bits per heavy atom. The van der Waals surface area contributed by atoms with Crippen LogP contribution in [0.3, 0.4) is 0 Å². The van der Waals surface area contributed by atoms with Gasteiger partial charge in [-0.05, 0) is 51.2 Å². The van der Waals surface area contributed by atoms with E-state index in [9.17, 15) is 0 Å². The van der Waals surface area contributed by atoms with Crippen molar-refractivity contribution >= 4 is 17.6 Å². The van der Waals surface area contributed by atoms with Crippen molar-refractivity contribution in [1.82, 2.24) is 4.90 Å². The summed E-state index contributed by atoms with van der Waals surface area (Å²) in [6, 6.07) is 0.918. The molecular formula is C14H27N3OS. The van der Waals surface area contributed by atoms with Crippen molar-refractivity contribution in [2.75, 3.05) is 25.2 Å². The maximum atomic E-state index is 7.44. The average molecular weight is 285 g/mol. The predicted molar refractivity (Wildman–Crippen MR) is 82.0 cm³/mol. The van der Waals surface area contributed by atoms with Crippen LogP contribution in [0.5, 0.6) is 0 Å². The molecule has 2 aliphatic heterocycles. The molecule has 0 bridgehead atoms. The fraction of sp³-hybridized carbons (Fsp3) is 0.929. The van der Waals surface area contributed by atoms with Gasteiger partial charge in [-0.3, -0.25) is 5.41 Å². The largest absolute Gasteiger partial charge is 0.388 e. The Morgan fingerprint density at radius 2 is 2.21 bits per heavy atom. The highest BCUT2D eigenvalue weighted by molar-refractivity contribution is 7.99. The molecule has 0 amide bonds. The number of nitrogens with zero attached hydrogens (tertiary/aromatic N) is 1. The molecule has 2 rings (SSSR count). The molecule has 110 valence electrons. The molecule has 2 saturated heterocycles. The number of nitrogens with two attached hydrogens (primary N) is 1. The predicted octanol–water partition coefficient (Wildman–Crippen LogP) is 2.08. The zero-order valence-electron chi connectivity index (χ0n) is 12.2. The van der Waals surface area contributed by atoms with Crippen LogP contribution in [0.15, 0.2) is 0 Å². The van der Waals surface area contributed by atoms with Crippen molar-refractivity contribution < 1.29 is 4.74 Å². The summed E-state index contributed by atoms with van der Waals surface area (Å²) in [4.78, 5) is 2.41. The van der Waals surface area contributed by atoms with E-state index in [1.54, 1.807) is 0 Å². The average Bonchev–Trinajstić information content (AvgIpc) is 2.38. The molecule has 2 atom stereocenters. The maximum absolute atomic E-state index is 7.44. The zero-order chi connectivity index (χ0) is 13.9. The van der Waals surface area contributed by atoms with Gasteiger partial charge < -0.3 is 15.4 Å². The minimum absolute atomic E-state index is 0.137. The Morgan fingerprint density at radius 3 is 2.84 bits per heavy atom. The molecule has 3 N–H and O–H groups in total. The molecule has 0 aliphatic carbocycles. The van der Waals surface area contributed by atoms with Crippen molar-refractivity contribution in [3.8, 4) is 0 Å². The van der Waals surface area contributed by atoms with E-state index in [2.05, 4.69) is 18.9 Å². The maximum Gasteiger partial charge on any atom is 0.0920 e. The third kappa shape index (κ3) is 3.86.